The molecule has 0 bridgehead atoms. The van der Waals surface area contributed by atoms with Crippen molar-refractivity contribution in [2.45, 2.75) is 51.6 Å². The number of hydrogen-bond donors (Lipinski definition) is 1. The number of nitrogens with zero attached hydrogens (tertiary/aromatic N) is 2. The van der Waals surface area contributed by atoms with Crippen molar-refractivity contribution in [3.63, 3.8) is 0 Å². The van der Waals surface area contributed by atoms with Gasteiger partial charge in [0.05, 0.1) is 11.4 Å². The lowest BCUT2D eigenvalue weighted by Gasteiger charge is -2.32. The van der Waals surface area contributed by atoms with E-state index in [-0.39, 0.29) is 23.3 Å². The van der Waals surface area contributed by atoms with Gasteiger partial charge in [0.15, 0.2) is 0 Å². The Hall–Kier alpha value is -2.42. The van der Waals surface area contributed by atoms with Crippen LogP contribution in [0.1, 0.15) is 38.3 Å². The van der Waals surface area contributed by atoms with Crippen LogP contribution in [0.15, 0.2) is 53.4 Å². The minimum absolute atomic E-state index is 0.0409. The Morgan fingerprint density at radius 3 is 2.29 bits per heavy atom. The zero-order chi connectivity index (χ0) is 25.5. The van der Waals surface area contributed by atoms with E-state index in [1.165, 1.54) is 36.2 Å². The molecule has 0 spiro atoms. The van der Waals surface area contributed by atoms with E-state index in [9.17, 15) is 18.0 Å². The molecule has 9 heteroatoms. The Labute approximate surface area is 208 Å². The lowest BCUT2D eigenvalue weighted by Crippen LogP contribution is -2.52. The zero-order valence-electron chi connectivity index (χ0n) is 20.4. The molecular weight excluding hydrogens is 474 g/mol. The highest BCUT2D eigenvalue weighted by molar-refractivity contribution is 7.89. The molecule has 0 radical (unpaired) electrons. The van der Waals surface area contributed by atoms with Gasteiger partial charge in [0.1, 0.15) is 6.04 Å². The van der Waals surface area contributed by atoms with Crippen LogP contribution in [0.25, 0.3) is 0 Å². The number of rotatable bonds is 11. The monoisotopic (exact) mass is 507 g/mol. The Bertz CT molecular complexity index is 1090. The molecule has 0 saturated carbocycles. The van der Waals surface area contributed by atoms with Gasteiger partial charge in [-0.05, 0) is 49.1 Å². The largest absolute Gasteiger partial charge is 0.354 e. The van der Waals surface area contributed by atoms with E-state index >= 15 is 0 Å². The highest BCUT2D eigenvalue weighted by Crippen LogP contribution is 2.19. The summed E-state index contributed by atoms with van der Waals surface area (Å²) >= 11 is 5.87. The summed E-state index contributed by atoms with van der Waals surface area (Å²) in [6.07, 6.45) is 0.398. The molecular formula is C25H34ClN3O4S. The van der Waals surface area contributed by atoms with Crippen molar-refractivity contribution in [1.82, 2.24) is 14.5 Å². The van der Waals surface area contributed by atoms with Crippen LogP contribution in [0.3, 0.4) is 0 Å². The first-order valence-corrected chi connectivity index (χ1v) is 13.1. The van der Waals surface area contributed by atoms with Crippen LogP contribution in [-0.4, -0.2) is 55.6 Å². The van der Waals surface area contributed by atoms with Gasteiger partial charge in [0.25, 0.3) is 0 Å². The summed E-state index contributed by atoms with van der Waals surface area (Å²) < 4.78 is 27.0. The van der Waals surface area contributed by atoms with Gasteiger partial charge in [-0.3, -0.25) is 9.59 Å². The first kappa shape index (κ1) is 27.8. The van der Waals surface area contributed by atoms with E-state index in [4.69, 9.17) is 11.6 Å². The second kappa shape index (κ2) is 12.3. The number of carbonyl (C=O) groups excluding carboxylic acids is 2. The average Bonchev–Trinajstić information content (AvgIpc) is 2.77. The first-order valence-electron chi connectivity index (χ1n) is 11.3. The molecule has 0 fully saturated rings. The molecule has 1 N–H and O–H groups in total. The molecule has 2 amide bonds. The van der Waals surface area contributed by atoms with Gasteiger partial charge in [-0.1, -0.05) is 62.2 Å². The number of nitrogens with one attached hydrogen (secondary N) is 1. The van der Waals surface area contributed by atoms with Gasteiger partial charge in [-0.25, -0.2) is 8.42 Å². The summed E-state index contributed by atoms with van der Waals surface area (Å²) in [4.78, 5) is 27.9. The molecule has 2 aromatic rings. The van der Waals surface area contributed by atoms with Gasteiger partial charge in [-0.2, -0.15) is 4.31 Å². The van der Waals surface area contributed by atoms with E-state index in [0.29, 0.717) is 18.0 Å². The van der Waals surface area contributed by atoms with Crippen molar-refractivity contribution < 1.29 is 18.0 Å². The normalized spacial score (nSPS) is 12.6. The van der Waals surface area contributed by atoms with Crippen molar-refractivity contribution in [3.8, 4) is 0 Å². The number of aryl methyl sites for hydroxylation is 1. The minimum Gasteiger partial charge on any atom is -0.354 e. The second-order valence-corrected chi connectivity index (χ2v) is 11.3. The van der Waals surface area contributed by atoms with Crippen LogP contribution >= 0.6 is 11.6 Å². The molecule has 1 atom stereocenters. The SMILES string of the molecule is CC[C@H](C(=O)NCC(C)C)N(Cc1cccc(C)c1)C(=O)CN(C)S(=O)(=O)c1ccc(Cl)cc1. The van der Waals surface area contributed by atoms with E-state index in [0.717, 1.165) is 15.4 Å². The van der Waals surface area contributed by atoms with Crippen molar-refractivity contribution in [2.75, 3.05) is 20.1 Å². The topological polar surface area (TPSA) is 86.8 Å². The fourth-order valence-corrected chi connectivity index (χ4v) is 4.75. The maximum Gasteiger partial charge on any atom is 0.243 e. The Morgan fingerprint density at radius 2 is 1.74 bits per heavy atom. The summed E-state index contributed by atoms with van der Waals surface area (Å²) in [5, 5.41) is 3.32. The molecule has 2 rings (SSSR count). The van der Waals surface area contributed by atoms with E-state index in [1.807, 2.05) is 52.0 Å². The van der Waals surface area contributed by atoms with E-state index in [2.05, 4.69) is 5.32 Å². The fourth-order valence-electron chi connectivity index (χ4n) is 3.50. The Kier molecular flexibility index (Phi) is 10.1. The van der Waals surface area contributed by atoms with Crippen LogP contribution in [0.4, 0.5) is 0 Å². The van der Waals surface area contributed by atoms with E-state index < -0.39 is 28.5 Å². The third kappa shape index (κ3) is 7.55. The Morgan fingerprint density at radius 1 is 1.09 bits per heavy atom. The third-order valence-electron chi connectivity index (χ3n) is 5.39. The average molecular weight is 508 g/mol. The van der Waals surface area contributed by atoms with Gasteiger partial charge >= 0.3 is 0 Å². The van der Waals surface area contributed by atoms with Gasteiger partial charge < -0.3 is 10.2 Å². The van der Waals surface area contributed by atoms with Gasteiger partial charge in [0.2, 0.25) is 21.8 Å². The molecule has 0 aliphatic rings. The van der Waals surface area contributed by atoms with Crippen molar-refractivity contribution >= 4 is 33.4 Å². The number of carbonyl (C=O) groups is 2. The van der Waals surface area contributed by atoms with Gasteiger partial charge in [0, 0.05) is 25.2 Å². The minimum atomic E-state index is -3.91. The lowest BCUT2D eigenvalue weighted by molar-refractivity contribution is -0.141. The quantitative estimate of drug-likeness (QED) is 0.500. The molecule has 0 unspecified atom stereocenters. The predicted octanol–water partition coefficient (Wildman–Crippen LogP) is 3.85. The number of amides is 2. The molecule has 0 aliphatic heterocycles. The highest BCUT2D eigenvalue weighted by atomic mass is 35.5. The van der Waals surface area contributed by atoms with Crippen LogP contribution in [0.5, 0.6) is 0 Å². The number of sulfonamides is 1. The fraction of sp³-hybridized carbons (Fsp3) is 0.440. The van der Waals surface area contributed by atoms with E-state index in [1.54, 1.807) is 0 Å². The summed E-state index contributed by atoms with van der Waals surface area (Å²) in [5.41, 5.74) is 1.90. The molecule has 7 nitrogen and oxygen atoms in total. The number of likely N-dealkylation sites (N-methyl/N-ethyl adjacent to an activating group) is 1. The predicted molar refractivity (Wildman–Crippen MR) is 135 cm³/mol. The molecule has 0 saturated heterocycles. The summed E-state index contributed by atoms with van der Waals surface area (Å²) in [5.74, 6) is -0.438. The standard InChI is InChI=1S/C25H34ClN3O4S/c1-6-23(25(31)27-15-18(2)3)29(16-20-9-7-8-19(4)14-20)24(30)17-28(5)34(32,33)22-12-10-21(26)11-13-22/h7-14,18,23H,6,15-17H2,1-5H3,(H,27,31)/t23-/m1/s1. The zero-order valence-corrected chi connectivity index (χ0v) is 22.0. The molecule has 0 aliphatic carbocycles. The maximum atomic E-state index is 13.4. The highest BCUT2D eigenvalue weighted by Gasteiger charge is 2.31. The smallest absolute Gasteiger partial charge is 0.243 e. The van der Waals surface area contributed by atoms with Crippen LogP contribution in [0, 0.1) is 12.8 Å². The van der Waals surface area contributed by atoms with Crippen molar-refractivity contribution in [3.05, 3.63) is 64.7 Å². The molecule has 2 aromatic carbocycles. The summed E-state index contributed by atoms with van der Waals surface area (Å²) in [6, 6.07) is 12.7. The number of hydrogen-bond acceptors (Lipinski definition) is 4. The van der Waals surface area contributed by atoms with Crippen LogP contribution < -0.4 is 5.32 Å². The van der Waals surface area contributed by atoms with Gasteiger partial charge in [-0.15, -0.1) is 0 Å². The number of benzene rings is 2. The van der Waals surface area contributed by atoms with Crippen molar-refractivity contribution in [2.24, 2.45) is 5.92 Å². The molecule has 34 heavy (non-hydrogen) atoms. The summed E-state index contributed by atoms with van der Waals surface area (Å²) in [6.45, 7) is 8.07. The molecule has 0 aromatic heterocycles. The van der Waals surface area contributed by atoms with Crippen molar-refractivity contribution in [1.29, 1.82) is 0 Å². The van der Waals surface area contributed by atoms with Crippen LogP contribution in [0.2, 0.25) is 5.02 Å². The summed E-state index contributed by atoms with van der Waals surface area (Å²) in [7, 11) is -2.56. The molecule has 0 heterocycles. The second-order valence-electron chi connectivity index (χ2n) is 8.79. The number of halogens is 1. The molecule has 186 valence electrons. The van der Waals surface area contributed by atoms with Crippen LogP contribution in [-0.2, 0) is 26.2 Å². The first-order chi connectivity index (χ1) is 15.9. The lowest BCUT2D eigenvalue weighted by atomic mass is 10.1. The third-order valence-corrected chi connectivity index (χ3v) is 7.46. The Balaban J connectivity index is 2.31. The maximum absolute atomic E-state index is 13.4.